The van der Waals surface area contributed by atoms with Crippen molar-refractivity contribution in [3.63, 3.8) is 0 Å². The minimum Gasteiger partial charge on any atom is -0.388 e. The lowest BCUT2D eigenvalue weighted by Crippen LogP contribution is -2.17. The molecule has 24 heavy (non-hydrogen) atoms. The molecule has 2 N–H and O–H groups in total. The number of benzene rings is 2. The molecule has 3 aromatic rings. The standard InChI is InChI=1S/C22H26N2/c1-23-18-13-11-17(12-14-18)22(16-7-3-2-4-8-16)20-15-24-21-10-6-5-9-19(20)21/h5-6,9-16,22-24H,2-4,7-8H2,1H3. The van der Waals surface area contributed by atoms with Gasteiger partial charge in [0.1, 0.15) is 0 Å². The minimum atomic E-state index is 0.493. The van der Waals surface area contributed by atoms with Gasteiger partial charge in [-0.25, -0.2) is 0 Å². The molecule has 2 aromatic carbocycles. The van der Waals surface area contributed by atoms with Gasteiger partial charge in [0.15, 0.2) is 0 Å². The first-order chi connectivity index (χ1) is 11.9. The quantitative estimate of drug-likeness (QED) is 0.614. The Hall–Kier alpha value is -2.22. The summed E-state index contributed by atoms with van der Waals surface area (Å²) in [4.78, 5) is 3.49. The first kappa shape index (κ1) is 15.3. The normalized spacial score (nSPS) is 17.0. The number of para-hydroxylation sites is 1. The van der Waals surface area contributed by atoms with Crippen LogP contribution in [0.2, 0.25) is 0 Å². The molecule has 1 fully saturated rings. The van der Waals surface area contributed by atoms with Crippen molar-refractivity contribution in [1.29, 1.82) is 0 Å². The highest BCUT2D eigenvalue weighted by atomic mass is 14.8. The van der Waals surface area contributed by atoms with Gasteiger partial charge in [-0.05, 0) is 48.1 Å². The van der Waals surface area contributed by atoms with Gasteiger partial charge in [0.25, 0.3) is 0 Å². The van der Waals surface area contributed by atoms with Crippen molar-refractivity contribution < 1.29 is 0 Å². The highest BCUT2D eigenvalue weighted by Gasteiger charge is 2.28. The Balaban J connectivity index is 1.79. The number of nitrogens with one attached hydrogen (secondary N) is 2. The van der Waals surface area contributed by atoms with Gasteiger partial charge < -0.3 is 10.3 Å². The van der Waals surface area contributed by atoms with Crippen LogP contribution in [0.4, 0.5) is 5.69 Å². The molecule has 2 heteroatoms. The van der Waals surface area contributed by atoms with Crippen molar-refractivity contribution >= 4 is 16.6 Å². The fourth-order valence-corrected chi connectivity index (χ4v) is 4.38. The Bertz CT molecular complexity index is 794. The van der Waals surface area contributed by atoms with Gasteiger partial charge in [0.2, 0.25) is 0 Å². The van der Waals surface area contributed by atoms with Crippen LogP contribution >= 0.6 is 0 Å². The first-order valence-corrected chi connectivity index (χ1v) is 9.20. The Morgan fingerprint density at radius 2 is 1.71 bits per heavy atom. The topological polar surface area (TPSA) is 27.8 Å². The molecule has 1 atom stereocenters. The number of H-pyrrole nitrogens is 1. The molecule has 1 saturated carbocycles. The van der Waals surface area contributed by atoms with E-state index in [-0.39, 0.29) is 0 Å². The number of hydrogen-bond donors (Lipinski definition) is 2. The van der Waals surface area contributed by atoms with Crippen LogP contribution in [-0.2, 0) is 0 Å². The number of anilines is 1. The fraction of sp³-hybridized carbons (Fsp3) is 0.364. The van der Waals surface area contributed by atoms with E-state index in [1.165, 1.54) is 59.8 Å². The number of hydrogen-bond acceptors (Lipinski definition) is 1. The molecule has 1 aromatic heterocycles. The van der Waals surface area contributed by atoms with E-state index in [0.717, 1.165) is 5.92 Å². The summed E-state index contributed by atoms with van der Waals surface area (Å²) in [7, 11) is 1.98. The van der Waals surface area contributed by atoms with E-state index in [1.807, 2.05) is 7.05 Å². The van der Waals surface area contributed by atoms with Gasteiger partial charge in [-0.2, -0.15) is 0 Å². The maximum Gasteiger partial charge on any atom is 0.0457 e. The molecule has 124 valence electrons. The van der Waals surface area contributed by atoms with Crippen LogP contribution in [0, 0.1) is 5.92 Å². The molecule has 1 aliphatic rings. The minimum absolute atomic E-state index is 0.493. The summed E-state index contributed by atoms with van der Waals surface area (Å²) in [6.07, 6.45) is 9.08. The largest absolute Gasteiger partial charge is 0.388 e. The molecule has 2 nitrogen and oxygen atoms in total. The Labute approximate surface area is 144 Å². The lowest BCUT2D eigenvalue weighted by molar-refractivity contribution is 0.328. The van der Waals surface area contributed by atoms with E-state index in [0.29, 0.717) is 5.92 Å². The lowest BCUT2D eigenvalue weighted by atomic mass is 9.73. The van der Waals surface area contributed by atoms with Gasteiger partial charge in [0, 0.05) is 35.8 Å². The summed E-state index contributed by atoms with van der Waals surface area (Å²) in [5.74, 6) is 1.24. The van der Waals surface area contributed by atoms with Crippen LogP contribution in [0.3, 0.4) is 0 Å². The summed E-state index contributed by atoms with van der Waals surface area (Å²) in [6, 6.07) is 17.8. The molecular formula is C22H26N2. The zero-order valence-corrected chi connectivity index (χ0v) is 14.4. The van der Waals surface area contributed by atoms with Gasteiger partial charge in [0.05, 0.1) is 0 Å². The second kappa shape index (κ2) is 6.72. The third kappa shape index (κ3) is 2.82. The highest BCUT2D eigenvalue weighted by Crippen LogP contribution is 2.42. The lowest BCUT2D eigenvalue weighted by Gasteiger charge is -2.31. The average Bonchev–Trinajstić information content (AvgIpc) is 3.07. The zero-order chi connectivity index (χ0) is 16.4. The summed E-state index contributed by atoms with van der Waals surface area (Å²) in [5, 5.41) is 4.61. The third-order valence-electron chi connectivity index (χ3n) is 5.64. The van der Waals surface area contributed by atoms with Crippen molar-refractivity contribution in [3.05, 3.63) is 65.9 Å². The predicted octanol–water partition coefficient (Wildman–Crippen LogP) is 5.92. The number of rotatable bonds is 4. The summed E-state index contributed by atoms with van der Waals surface area (Å²) in [6.45, 7) is 0. The van der Waals surface area contributed by atoms with E-state index < -0.39 is 0 Å². The molecule has 0 saturated heterocycles. The van der Waals surface area contributed by atoms with Crippen molar-refractivity contribution in [2.45, 2.75) is 38.0 Å². The molecule has 0 amide bonds. The maximum absolute atomic E-state index is 3.49. The molecule has 0 aliphatic heterocycles. The molecular weight excluding hydrogens is 292 g/mol. The summed E-state index contributed by atoms with van der Waals surface area (Å²) in [5.41, 5.74) is 5.35. The van der Waals surface area contributed by atoms with Crippen LogP contribution in [-0.4, -0.2) is 12.0 Å². The summed E-state index contributed by atoms with van der Waals surface area (Å²) < 4.78 is 0. The van der Waals surface area contributed by atoms with E-state index >= 15 is 0 Å². The second-order valence-electron chi connectivity index (χ2n) is 7.04. The van der Waals surface area contributed by atoms with Crippen molar-refractivity contribution in [2.24, 2.45) is 5.92 Å². The first-order valence-electron chi connectivity index (χ1n) is 9.20. The van der Waals surface area contributed by atoms with E-state index in [1.54, 1.807) is 0 Å². The third-order valence-corrected chi connectivity index (χ3v) is 5.64. The summed E-state index contributed by atoms with van der Waals surface area (Å²) >= 11 is 0. The van der Waals surface area contributed by atoms with E-state index in [2.05, 4.69) is 65.0 Å². The number of aromatic amines is 1. The van der Waals surface area contributed by atoms with Gasteiger partial charge in [-0.15, -0.1) is 0 Å². The fourth-order valence-electron chi connectivity index (χ4n) is 4.38. The van der Waals surface area contributed by atoms with Crippen LogP contribution in [0.15, 0.2) is 54.7 Å². The molecule has 1 aliphatic carbocycles. The van der Waals surface area contributed by atoms with Crippen LogP contribution < -0.4 is 5.32 Å². The Morgan fingerprint density at radius 3 is 2.46 bits per heavy atom. The SMILES string of the molecule is CNc1ccc(C(c2c[nH]c3ccccc23)C2CCCCC2)cc1. The molecule has 0 bridgehead atoms. The van der Waals surface area contributed by atoms with Crippen LogP contribution in [0.1, 0.15) is 49.1 Å². The van der Waals surface area contributed by atoms with Crippen molar-refractivity contribution in [3.8, 4) is 0 Å². The molecule has 0 spiro atoms. The van der Waals surface area contributed by atoms with E-state index in [9.17, 15) is 0 Å². The van der Waals surface area contributed by atoms with Crippen LogP contribution in [0.5, 0.6) is 0 Å². The smallest absolute Gasteiger partial charge is 0.0457 e. The van der Waals surface area contributed by atoms with Gasteiger partial charge >= 0.3 is 0 Å². The predicted molar refractivity (Wildman–Crippen MR) is 103 cm³/mol. The Morgan fingerprint density at radius 1 is 0.958 bits per heavy atom. The van der Waals surface area contributed by atoms with Gasteiger partial charge in [-0.3, -0.25) is 0 Å². The van der Waals surface area contributed by atoms with Crippen LogP contribution in [0.25, 0.3) is 10.9 Å². The average molecular weight is 318 g/mol. The monoisotopic (exact) mass is 318 g/mol. The van der Waals surface area contributed by atoms with Crippen molar-refractivity contribution in [1.82, 2.24) is 4.98 Å². The Kier molecular flexibility index (Phi) is 4.29. The zero-order valence-electron chi connectivity index (χ0n) is 14.4. The molecule has 4 rings (SSSR count). The number of aromatic nitrogens is 1. The van der Waals surface area contributed by atoms with E-state index in [4.69, 9.17) is 0 Å². The molecule has 1 heterocycles. The number of fused-ring (bicyclic) bond motifs is 1. The highest BCUT2D eigenvalue weighted by molar-refractivity contribution is 5.84. The molecule has 0 radical (unpaired) electrons. The second-order valence-corrected chi connectivity index (χ2v) is 7.04. The van der Waals surface area contributed by atoms with Crippen molar-refractivity contribution in [2.75, 3.05) is 12.4 Å². The maximum atomic E-state index is 3.49. The molecule has 1 unspecified atom stereocenters. The van der Waals surface area contributed by atoms with Gasteiger partial charge in [-0.1, -0.05) is 49.6 Å².